The highest BCUT2D eigenvalue weighted by Crippen LogP contribution is 2.34. The van der Waals surface area contributed by atoms with Gasteiger partial charge >= 0.3 is 0 Å². The predicted octanol–water partition coefficient (Wildman–Crippen LogP) is 12.1. The van der Waals surface area contributed by atoms with E-state index in [9.17, 15) is 0 Å². The van der Waals surface area contributed by atoms with Crippen LogP contribution < -0.4 is 5.22 Å². The van der Waals surface area contributed by atoms with Gasteiger partial charge in [-0.3, -0.25) is 0 Å². The Morgan fingerprint density at radius 2 is 1.07 bits per heavy atom. The van der Waals surface area contributed by atoms with Crippen LogP contribution in [0.4, 0.5) is 0 Å². The fraction of sp³-hybridized carbons (Fsp3) is 0. The minimum atomic E-state index is 0.610. The molecular formula is C51H32N4O. The first-order chi connectivity index (χ1) is 27.7. The summed E-state index contributed by atoms with van der Waals surface area (Å²) in [5.74, 6) is 1.31. The van der Waals surface area contributed by atoms with Crippen molar-refractivity contribution >= 4 is 44.3 Å². The van der Waals surface area contributed by atoms with Crippen LogP contribution in [0, 0.1) is 0 Å². The molecule has 0 saturated carbocycles. The standard InChI is InChI=1S/C51H32N4O/c1-3-13-33(14-4-1)35-17-11-19-38(27-35)49-43-22-7-9-23-45(43)53-50(54-49)39-20-12-18-36(28-39)37-25-26-46-40(29-37)30-48-44(42-21-8-10-24-47(42)55(46)48)31-41-32-56-51(52-41)34-15-5-2-6-16-34/h1-32H/b44-31-. The van der Waals surface area contributed by atoms with Crippen molar-refractivity contribution in [1.82, 2.24) is 19.4 Å². The summed E-state index contributed by atoms with van der Waals surface area (Å²) in [5, 5.41) is 4.48. The molecule has 0 fully saturated rings. The Bertz CT molecular complexity index is 3310. The van der Waals surface area contributed by atoms with Gasteiger partial charge in [-0.15, -0.1) is 0 Å². The average Bonchev–Trinajstić information content (AvgIpc) is 3.98. The Balaban J connectivity index is 1.00. The molecule has 0 unspecified atom stereocenters. The summed E-state index contributed by atoms with van der Waals surface area (Å²) in [6.07, 6.45) is 3.87. The van der Waals surface area contributed by atoms with E-state index in [2.05, 4.69) is 150 Å². The third-order valence-corrected chi connectivity index (χ3v) is 10.6. The van der Waals surface area contributed by atoms with E-state index in [1.807, 2.05) is 42.5 Å². The largest absolute Gasteiger partial charge is 0.444 e. The van der Waals surface area contributed by atoms with Gasteiger partial charge in [-0.1, -0.05) is 127 Å². The van der Waals surface area contributed by atoms with Gasteiger partial charge in [0.1, 0.15) is 12.0 Å². The maximum atomic E-state index is 5.90. The summed E-state index contributed by atoms with van der Waals surface area (Å²) < 4.78 is 8.26. The number of rotatable bonds is 6. The Kier molecular flexibility index (Phi) is 7.42. The quantitative estimate of drug-likeness (QED) is 0.172. The number of benzene rings is 7. The van der Waals surface area contributed by atoms with Crippen LogP contribution in [0.15, 0.2) is 193 Å². The van der Waals surface area contributed by atoms with E-state index >= 15 is 0 Å². The van der Waals surface area contributed by atoms with Crippen LogP contribution in [-0.4, -0.2) is 19.4 Å². The van der Waals surface area contributed by atoms with Gasteiger partial charge in [0.15, 0.2) is 5.82 Å². The van der Waals surface area contributed by atoms with Gasteiger partial charge in [-0.2, -0.15) is 0 Å². The highest BCUT2D eigenvalue weighted by molar-refractivity contribution is 6.01. The Labute approximate surface area is 322 Å². The van der Waals surface area contributed by atoms with Gasteiger partial charge in [0, 0.05) is 38.1 Å². The number of para-hydroxylation sites is 2. The zero-order valence-corrected chi connectivity index (χ0v) is 30.2. The van der Waals surface area contributed by atoms with Gasteiger partial charge in [-0.25, -0.2) is 15.0 Å². The molecule has 56 heavy (non-hydrogen) atoms. The number of nitrogens with zero attached hydrogens (tertiary/aromatic N) is 4. The lowest BCUT2D eigenvalue weighted by molar-refractivity contribution is 0.574. The molecule has 0 aliphatic heterocycles. The fourth-order valence-corrected chi connectivity index (χ4v) is 7.99. The van der Waals surface area contributed by atoms with Gasteiger partial charge in [-0.05, 0) is 82.9 Å². The van der Waals surface area contributed by atoms with Crippen LogP contribution in [-0.2, 0) is 0 Å². The molecule has 262 valence electrons. The maximum absolute atomic E-state index is 5.90. The lowest BCUT2D eigenvalue weighted by Gasteiger charge is -2.12. The van der Waals surface area contributed by atoms with E-state index in [0.717, 1.165) is 82.8 Å². The maximum Gasteiger partial charge on any atom is 0.226 e. The van der Waals surface area contributed by atoms with Crippen LogP contribution >= 0.6 is 0 Å². The summed E-state index contributed by atoms with van der Waals surface area (Å²) in [6, 6.07) is 63.5. The normalized spacial score (nSPS) is 12.0. The molecule has 5 heteroatoms. The van der Waals surface area contributed by atoms with Crippen molar-refractivity contribution in [3.8, 4) is 56.4 Å². The van der Waals surface area contributed by atoms with Crippen LogP contribution in [0.2, 0.25) is 0 Å². The van der Waals surface area contributed by atoms with Crippen molar-refractivity contribution in [1.29, 1.82) is 0 Å². The first kappa shape index (κ1) is 31.9. The highest BCUT2D eigenvalue weighted by Gasteiger charge is 2.16. The number of aromatic nitrogens is 4. The topological polar surface area (TPSA) is 56.2 Å². The zero-order valence-electron chi connectivity index (χ0n) is 30.2. The highest BCUT2D eigenvalue weighted by atomic mass is 16.3. The van der Waals surface area contributed by atoms with Crippen molar-refractivity contribution in [3.05, 3.63) is 199 Å². The van der Waals surface area contributed by atoms with Crippen LogP contribution in [0.3, 0.4) is 0 Å². The average molecular weight is 717 g/mol. The summed E-state index contributed by atoms with van der Waals surface area (Å²) in [5.41, 5.74) is 13.6. The first-order valence-electron chi connectivity index (χ1n) is 18.8. The van der Waals surface area contributed by atoms with Gasteiger partial charge in [0.2, 0.25) is 5.89 Å². The zero-order chi connectivity index (χ0) is 37.0. The van der Waals surface area contributed by atoms with E-state index in [1.54, 1.807) is 6.26 Å². The van der Waals surface area contributed by atoms with Gasteiger partial charge in [0.25, 0.3) is 0 Å². The molecule has 0 aliphatic carbocycles. The summed E-state index contributed by atoms with van der Waals surface area (Å²) >= 11 is 0. The molecule has 0 bridgehead atoms. The van der Waals surface area contributed by atoms with Crippen molar-refractivity contribution in [2.24, 2.45) is 0 Å². The minimum Gasteiger partial charge on any atom is -0.444 e. The Morgan fingerprint density at radius 3 is 1.91 bits per heavy atom. The van der Waals surface area contributed by atoms with Crippen molar-refractivity contribution < 1.29 is 4.42 Å². The molecule has 5 nitrogen and oxygen atoms in total. The van der Waals surface area contributed by atoms with Crippen LogP contribution in [0.25, 0.3) is 101 Å². The summed E-state index contributed by atoms with van der Waals surface area (Å²) in [4.78, 5) is 15.1. The molecule has 0 aliphatic rings. The van der Waals surface area contributed by atoms with Crippen LogP contribution in [0.1, 0.15) is 5.69 Å². The van der Waals surface area contributed by atoms with E-state index in [1.165, 1.54) is 10.9 Å². The molecular weight excluding hydrogens is 685 g/mol. The van der Waals surface area contributed by atoms with Gasteiger partial charge < -0.3 is 8.82 Å². The van der Waals surface area contributed by atoms with Crippen LogP contribution in [0.5, 0.6) is 0 Å². The molecule has 0 spiro atoms. The second-order valence-corrected chi connectivity index (χ2v) is 14.1. The van der Waals surface area contributed by atoms with Crippen molar-refractivity contribution in [2.75, 3.05) is 0 Å². The van der Waals surface area contributed by atoms with E-state index in [-0.39, 0.29) is 0 Å². The number of hydrogen-bond donors (Lipinski definition) is 0. The van der Waals surface area contributed by atoms with Crippen molar-refractivity contribution in [3.63, 3.8) is 0 Å². The monoisotopic (exact) mass is 716 g/mol. The molecule has 0 saturated heterocycles. The van der Waals surface area contributed by atoms with E-state index in [4.69, 9.17) is 19.4 Å². The third kappa shape index (κ3) is 5.45. The molecule has 0 N–H and O–H groups in total. The molecule has 0 radical (unpaired) electrons. The third-order valence-electron chi connectivity index (χ3n) is 10.6. The minimum absolute atomic E-state index is 0.610. The second-order valence-electron chi connectivity index (χ2n) is 14.1. The molecule has 4 aromatic heterocycles. The summed E-state index contributed by atoms with van der Waals surface area (Å²) in [7, 11) is 0. The molecule has 7 aromatic carbocycles. The molecule has 0 amide bonds. The molecule has 11 rings (SSSR count). The number of fused-ring (bicyclic) bond motifs is 6. The molecule has 0 atom stereocenters. The van der Waals surface area contributed by atoms with Crippen molar-refractivity contribution in [2.45, 2.75) is 0 Å². The molecule has 4 heterocycles. The lowest BCUT2D eigenvalue weighted by atomic mass is 9.99. The van der Waals surface area contributed by atoms with E-state index in [0.29, 0.717) is 11.7 Å². The smallest absolute Gasteiger partial charge is 0.226 e. The molecule has 11 aromatic rings. The summed E-state index contributed by atoms with van der Waals surface area (Å²) in [6.45, 7) is 0. The second kappa shape index (κ2) is 13.0. The first-order valence-corrected chi connectivity index (χ1v) is 18.8. The lowest BCUT2D eigenvalue weighted by Crippen LogP contribution is -1.98. The van der Waals surface area contributed by atoms with Gasteiger partial charge in [0.05, 0.1) is 27.8 Å². The predicted molar refractivity (Wildman–Crippen MR) is 228 cm³/mol. The fourth-order valence-electron chi connectivity index (χ4n) is 7.99. The Morgan fingerprint density at radius 1 is 0.429 bits per heavy atom. The number of hydrogen-bond acceptors (Lipinski definition) is 4. The number of oxazole rings is 1. The SMILES string of the molecule is C(/c1coc(-c2ccccc2)n1)=c1\c2ccccc2n2c1cc1cc(-c3cccc(-c4nc(-c5cccc(-c6ccccc6)c5)c5ccccc5n4)c3)ccc12. The Hall–Kier alpha value is -7.63. The van der Waals surface area contributed by atoms with E-state index < -0.39 is 0 Å².